The molecule has 2 aliphatic rings. The summed E-state index contributed by atoms with van der Waals surface area (Å²) in [6.45, 7) is 4.60. The van der Waals surface area contributed by atoms with Gasteiger partial charge in [-0.2, -0.15) is 0 Å². The maximum Gasteiger partial charge on any atom is 0.0815 e. The third-order valence-electron chi connectivity index (χ3n) is 7.00. The van der Waals surface area contributed by atoms with Gasteiger partial charge in [-0.3, -0.25) is 0 Å². The highest BCUT2D eigenvalue weighted by molar-refractivity contribution is 14.2. The Labute approximate surface area is 192 Å². The molecule has 0 saturated heterocycles. The standard InChI is InChI=1S/C27H33IN2/c1-20-12-14-22(15-13-20)26(30-28-3)25(19-29-24-10-5-4-6-11-24)27(16-17-27)18-23-9-7-8-21(23)2/h4-6,10-15,19,21,23,29H,3,7-9,16-18H2,1-2H3/b25-19+,30-26-/t21-,23?/m1/s1. The Kier molecular flexibility index (Phi) is 6.87. The van der Waals surface area contributed by atoms with Crippen molar-refractivity contribution in [2.45, 2.75) is 52.4 Å². The Morgan fingerprint density at radius 2 is 1.87 bits per heavy atom. The molecule has 2 saturated carbocycles. The summed E-state index contributed by atoms with van der Waals surface area (Å²) in [7, 11) is 0. The Bertz CT molecular complexity index is 923. The molecule has 4 rings (SSSR count). The Morgan fingerprint density at radius 1 is 1.13 bits per heavy atom. The van der Waals surface area contributed by atoms with E-state index in [0.717, 1.165) is 17.5 Å². The smallest absolute Gasteiger partial charge is 0.0815 e. The second-order valence-electron chi connectivity index (χ2n) is 9.14. The second-order valence-corrected chi connectivity index (χ2v) is 10.3. The van der Waals surface area contributed by atoms with E-state index in [1.807, 2.05) is 0 Å². The summed E-state index contributed by atoms with van der Waals surface area (Å²) >= 11 is -0.443. The maximum absolute atomic E-state index is 5.04. The van der Waals surface area contributed by atoms with E-state index in [-0.39, 0.29) is 5.41 Å². The molecule has 2 aromatic rings. The number of benzene rings is 2. The van der Waals surface area contributed by atoms with Crippen molar-refractivity contribution in [3.63, 3.8) is 0 Å². The van der Waals surface area contributed by atoms with E-state index < -0.39 is 21.0 Å². The topological polar surface area (TPSA) is 24.4 Å². The predicted molar refractivity (Wildman–Crippen MR) is 140 cm³/mol. The van der Waals surface area contributed by atoms with Crippen LogP contribution in [0.1, 0.15) is 56.6 Å². The van der Waals surface area contributed by atoms with Gasteiger partial charge in [0.25, 0.3) is 0 Å². The Balaban J connectivity index is 1.71. The van der Waals surface area contributed by atoms with Crippen LogP contribution in [0.3, 0.4) is 0 Å². The molecule has 2 aliphatic carbocycles. The third-order valence-corrected chi connectivity index (χ3v) is 7.82. The van der Waals surface area contributed by atoms with Crippen LogP contribution in [0.4, 0.5) is 5.69 Å². The number of nitrogens with one attached hydrogen (secondary N) is 1. The number of allylic oxidation sites excluding steroid dienone is 1. The number of hydrogen-bond donors (Lipinski definition) is 1. The van der Waals surface area contributed by atoms with E-state index >= 15 is 0 Å². The van der Waals surface area contributed by atoms with Crippen molar-refractivity contribution in [3.8, 4) is 0 Å². The van der Waals surface area contributed by atoms with Crippen LogP contribution >= 0.6 is 21.0 Å². The van der Waals surface area contributed by atoms with Crippen molar-refractivity contribution < 1.29 is 0 Å². The lowest BCUT2D eigenvalue weighted by molar-refractivity contribution is 0.333. The van der Waals surface area contributed by atoms with E-state index in [4.69, 9.17) is 3.21 Å². The number of anilines is 1. The summed E-state index contributed by atoms with van der Waals surface area (Å²) < 4.78 is 9.21. The first-order valence-corrected chi connectivity index (χ1v) is 13.7. The van der Waals surface area contributed by atoms with Gasteiger partial charge in [0.1, 0.15) is 0 Å². The molecule has 0 bridgehead atoms. The molecule has 2 aromatic carbocycles. The highest BCUT2D eigenvalue weighted by Crippen LogP contribution is 2.59. The quantitative estimate of drug-likeness (QED) is 0.284. The predicted octanol–water partition coefficient (Wildman–Crippen LogP) is 7.70. The van der Waals surface area contributed by atoms with Gasteiger partial charge in [0.15, 0.2) is 0 Å². The second kappa shape index (κ2) is 9.59. The summed E-state index contributed by atoms with van der Waals surface area (Å²) in [4.78, 5) is 0. The molecule has 3 heteroatoms. The van der Waals surface area contributed by atoms with Crippen molar-refractivity contribution in [2.24, 2.45) is 20.5 Å². The normalized spacial score (nSPS) is 23.4. The lowest BCUT2D eigenvalue weighted by Gasteiger charge is -2.26. The summed E-state index contributed by atoms with van der Waals surface area (Å²) in [6, 6.07) is 19.4. The van der Waals surface area contributed by atoms with Gasteiger partial charge >= 0.3 is 0 Å². The first-order valence-electron chi connectivity index (χ1n) is 11.2. The fourth-order valence-corrected chi connectivity index (χ4v) is 5.82. The molecule has 0 aliphatic heterocycles. The molecule has 1 unspecified atom stereocenters. The molecular formula is C27H33IN2. The zero-order chi connectivity index (χ0) is 21.0. The van der Waals surface area contributed by atoms with Gasteiger partial charge in [-0.1, -0.05) is 74.2 Å². The number of aryl methyl sites for hydroxylation is 1. The monoisotopic (exact) mass is 512 g/mol. The number of halogens is 1. The molecule has 1 N–H and O–H groups in total. The summed E-state index contributed by atoms with van der Waals surface area (Å²) in [6.07, 6.45) is 10.3. The highest BCUT2D eigenvalue weighted by Gasteiger charge is 2.49. The molecule has 2 nitrogen and oxygen atoms in total. The van der Waals surface area contributed by atoms with E-state index in [1.165, 1.54) is 60.9 Å². The van der Waals surface area contributed by atoms with Crippen LogP contribution in [-0.2, 0) is 0 Å². The zero-order valence-electron chi connectivity index (χ0n) is 18.2. The maximum atomic E-state index is 5.04. The van der Waals surface area contributed by atoms with E-state index in [1.54, 1.807) is 0 Å². The van der Waals surface area contributed by atoms with Crippen molar-refractivity contribution in [1.82, 2.24) is 0 Å². The van der Waals surface area contributed by atoms with Gasteiger partial charge < -0.3 is 5.32 Å². The van der Waals surface area contributed by atoms with Crippen LogP contribution in [0.25, 0.3) is 0 Å². The Morgan fingerprint density at radius 3 is 2.47 bits per heavy atom. The minimum atomic E-state index is -0.443. The largest absolute Gasteiger partial charge is 0.361 e. The molecule has 158 valence electrons. The number of hydrogen-bond acceptors (Lipinski definition) is 2. The van der Waals surface area contributed by atoms with Gasteiger partial charge in [-0.15, -0.1) is 0 Å². The third kappa shape index (κ3) is 4.93. The first-order chi connectivity index (χ1) is 14.6. The van der Waals surface area contributed by atoms with Crippen LogP contribution in [0.5, 0.6) is 0 Å². The lowest BCUT2D eigenvalue weighted by atomic mass is 9.79. The fourth-order valence-electron chi connectivity index (χ4n) is 4.95. The van der Waals surface area contributed by atoms with Crippen LogP contribution in [0.2, 0.25) is 0 Å². The van der Waals surface area contributed by atoms with Crippen LogP contribution in [0.15, 0.2) is 69.6 Å². The van der Waals surface area contributed by atoms with Crippen molar-refractivity contribution >= 4 is 36.9 Å². The highest BCUT2D eigenvalue weighted by atomic mass is 127. The minimum Gasteiger partial charge on any atom is -0.361 e. The molecule has 0 radical (unpaired) electrons. The summed E-state index contributed by atoms with van der Waals surface area (Å²) in [5.74, 6) is 1.70. The van der Waals surface area contributed by atoms with Gasteiger partial charge in [0.05, 0.1) is 5.71 Å². The number of para-hydroxylation sites is 1. The van der Waals surface area contributed by atoms with Crippen molar-refractivity contribution in [1.29, 1.82) is 0 Å². The van der Waals surface area contributed by atoms with Gasteiger partial charge in [-0.25, -0.2) is 3.21 Å². The average molecular weight is 512 g/mol. The first kappa shape index (κ1) is 21.5. The van der Waals surface area contributed by atoms with E-state index in [2.05, 4.69) is 84.5 Å². The summed E-state index contributed by atoms with van der Waals surface area (Å²) in [5, 5.41) is 3.60. The molecule has 0 aromatic heterocycles. The molecule has 30 heavy (non-hydrogen) atoms. The molecule has 0 amide bonds. The van der Waals surface area contributed by atoms with E-state index in [9.17, 15) is 0 Å². The zero-order valence-corrected chi connectivity index (χ0v) is 20.4. The molecule has 2 fully saturated rings. The fraction of sp³-hybridized carbons (Fsp3) is 0.407. The van der Waals surface area contributed by atoms with Crippen molar-refractivity contribution in [3.05, 3.63) is 77.5 Å². The molecular weight excluding hydrogens is 479 g/mol. The Hall–Kier alpha value is -1.75. The minimum absolute atomic E-state index is 0.272. The van der Waals surface area contributed by atoms with E-state index in [0.29, 0.717) is 0 Å². The van der Waals surface area contributed by atoms with Crippen molar-refractivity contribution in [2.75, 3.05) is 5.32 Å². The number of rotatable bonds is 8. The molecule has 0 spiro atoms. The van der Waals surface area contributed by atoms with Gasteiger partial charge in [0.2, 0.25) is 0 Å². The van der Waals surface area contributed by atoms with Crippen LogP contribution in [0, 0.1) is 24.2 Å². The average Bonchev–Trinajstić information content (AvgIpc) is 3.43. The lowest BCUT2D eigenvalue weighted by Crippen LogP contribution is -2.21. The summed E-state index contributed by atoms with van der Waals surface area (Å²) in [5.41, 5.74) is 6.50. The number of nitrogens with zero attached hydrogens (tertiary/aromatic N) is 1. The molecule has 2 atom stereocenters. The SMILES string of the molecule is C=I/N=C(\C(=C/Nc1ccccc1)C1(CC2CCC[C@H]2C)CC1)c1ccc(C)cc1. The van der Waals surface area contributed by atoms with Crippen LogP contribution in [-0.4, -0.2) is 10.2 Å². The van der Waals surface area contributed by atoms with Gasteiger partial charge in [0, 0.05) is 44.0 Å². The molecule has 0 heterocycles. The van der Waals surface area contributed by atoms with Gasteiger partial charge in [-0.05, 0) is 60.1 Å². The van der Waals surface area contributed by atoms with Crippen LogP contribution < -0.4 is 5.32 Å².